The summed E-state index contributed by atoms with van der Waals surface area (Å²) in [6, 6.07) is 2.65. The predicted octanol–water partition coefficient (Wildman–Crippen LogP) is 2.20. The van der Waals surface area contributed by atoms with Crippen LogP contribution < -0.4 is 16.1 Å². The summed E-state index contributed by atoms with van der Waals surface area (Å²) < 4.78 is 14.2. The second-order valence-corrected chi connectivity index (χ2v) is 8.54. The number of benzene rings is 1. The summed E-state index contributed by atoms with van der Waals surface area (Å²) >= 11 is 0. The molecule has 1 saturated heterocycles. The summed E-state index contributed by atoms with van der Waals surface area (Å²) in [4.78, 5) is 17.8. The molecule has 1 aromatic carbocycles. The molecule has 0 radical (unpaired) electrons. The van der Waals surface area contributed by atoms with Gasteiger partial charge < -0.3 is 10.6 Å². The van der Waals surface area contributed by atoms with Crippen LogP contribution >= 0.6 is 0 Å². The number of carbonyl (C=O) groups is 1. The van der Waals surface area contributed by atoms with Crippen molar-refractivity contribution >= 4 is 17.8 Å². The van der Waals surface area contributed by atoms with Crippen molar-refractivity contribution < 1.29 is 9.18 Å². The van der Waals surface area contributed by atoms with Gasteiger partial charge in [-0.25, -0.2) is 9.40 Å². The number of hydrogen-bond acceptors (Lipinski definition) is 5. The summed E-state index contributed by atoms with van der Waals surface area (Å²) in [6.45, 7) is 5.87. The van der Waals surface area contributed by atoms with Crippen LogP contribution in [0.2, 0.25) is 0 Å². The fourth-order valence-electron chi connectivity index (χ4n) is 4.67. The van der Waals surface area contributed by atoms with Crippen molar-refractivity contribution in [3.63, 3.8) is 0 Å². The van der Waals surface area contributed by atoms with Gasteiger partial charge in [0.15, 0.2) is 0 Å². The number of nitrogens with one attached hydrogen (secondary N) is 3. The Morgan fingerprint density at radius 3 is 2.93 bits per heavy atom. The molecule has 156 valence electrons. The molecule has 4 rings (SSSR count). The maximum absolute atomic E-state index is 14.2. The topological polar surface area (TPSA) is 68.8 Å². The van der Waals surface area contributed by atoms with Gasteiger partial charge in [-0.2, -0.15) is 0 Å². The highest BCUT2D eigenvalue weighted by Gasteiger charge is 2.35. The quantitative estimate of drug-likeness (QED) is 0.664. The Balaban J connectivity index is 1.48. The minimum absolute atomic E-state index is 0.0409. The number of rotatable bonds is 5. The van der Waals surface area contributed by atoms with Crippen LogP contribution in [0.25, 0.3) is 0 Å². The average molecular weight is 400 g/mol. The third-order valence-electron chi connectivity index (χ3n) is 6.26. The molecule has 1 aromatic rings. The van der Waals surface area contributed by atoms with E-state index in [2.05, 4.69) is 34.1 Å². The number of dihydropyridines is 1. The molecule has 3 aliphatic rings. The molecule has 4 atom stereocenters. The van der Waals surface area contributed by atoms with Gasteiger partial charge >= 0.3 is 0 Å². The molecule has 6 nitrogen and oxygen atoms in total. The molecule has 1 fully saturated rings. The van der Waals surface area contributed by atoms with Crippen molar-refractivity contribution in [1.82, 2.24) is 15.8 Å². The first kappa shape index (κ1) is 20.0. The lowest BCUT2D eigenvalue weighted by Gasteiger charge is -2.30. The van der Waals surface area contributed by atoms with Crippen LogP contribution in [-0.2, 0) is 11.2 Å². The van der Waals surface area contributed by atoms with Gasteiger partial charge in [-0.1, -0.05) is 17.7 Å². The first-order valence-corrected chi connectivity index (χ1v) is 10.4. The van der Waals surface area contributed by atoms with Crippen molar-refractivity contribution in [3.8, 4) is 0 Å². The number of hydrogen-bond donors (Lipinski definition) is 3. The second kappa shape index (κ2) is 8.24. The number of carbonyl (C=O) groups excluding carboxylic acids is 1. The molecule has 3 heterocycles. The fraction of sp³-hybridized carbons (Fsp3) is 0.545. The Bertz CT molecular complexity index is 821. The second-order valence-electron chi connectivity index (χ2n) is 8.54. The highest BCUT2D eigenvalue weighted by molar-refractivity contribution is 5.88. The van der Waals surface area contributed by atoms with Crippen molar-refractivity contribution in [2.75, 3.05) is 25.5 Å². The van der Waals surface area contributed by atoms with Crippen molar-refractivity contribution in [2.45, 2.75) is 51.2 Å². The van der Waals surface area contributed by atoms with Gasteiger partial charge in [0.05, 0.1) is 12.1 Å². The van der Waals surface area contributed by atoms with Crippen LogP contribution in [0.4, 0.5) is 10.1 Å². The molecule has 0 aliphatic carbocycles. The Morgan fingerprint density at radius 2 is 2.24 bits per heavy atom. The van der Waals surface area contributed by atoms with Crippen LogP contribution in [0.3, 0.4) is 0 Å². The van der Waals surface area contributed by atoms with E-state index in [0.29, 0.717) is 17.9 Å². The molecular weight excluding hydrogens is 369 g/mol. The number of nitrogens with zero attached hydrogens (tertiary/aromatic N) is 2. The number of halogens is 1. The van der Waals surface area contributed by atoms with E-state index in [-0.39, 0.29) is 23.8 Å². The van der Waals surface area contributed by atoms with Gasteiger partial charge in [-0.3, -0.25) is 15.2 Å². The van der Waals surface area contributed by atoms with E-state index in [9.17, 15) is 9.18 Å². The number of anilines is 1. The van der Waals surface area contributed by atoms with Crippen LogP contribution in [0.5, 0.6) is 0 Å². The van der Waals surface area contributed by atoms with E-state index in [1.807, 2.05) is 20.2 Å². The Labute approximate surface area is 171 Å². The Morgan fingerprint density at radius 1 is 1.41 bits per heavy atom. The van der Waals surface area contributed by atoms with Gasteiger partial charge in [-0.15, -0.1) is 0 Å². The van der Waals surface area contributed by atoms with E-state index in [1.54, 1.807) is 6.07 Å². The summed E-state index contributed by atoms with van der Waals surface area (Å²) in [5.41, 5.74) is 6.86. The van der Waals surface area contributed by atoms with Gasteiger partial charge in [0.2, 0.25) is 5.91 Å². The van der Waals surface area contributed by atoms with E-state index < -0.39 is 6.04 Å². The standard InChI is InChI=1S/C22H30FN5O/c1-13-5-4-8-24-21(13)18(9-15-11-25-28(3)12-15)27-22(29)19-10-16-17(23)7-6-14(2)20(16)26-19/h5-8,15,18-19,21,25-26H,4,9-12H2,1-3H3,(H,27,29). The molecule has 0 spiro atoms. The fourth-order valence-corrected chi connectivity index (χ4v) is 4.67. The number of aryl methyl sites for hydroxylation is 1. The SMILES string of the molecule is CC1=CCC=NC1C(CC1CNN(C)C1)NC(=O)C1Cc2c(F)ccc(C)c2N1. The lowest BCUT2D eigenvalue weighted by Crippen LogP contribution is -2.50. The molecule has 4 unspecified atom stereocenters. The van der Waals surface area contributed by atoms with Crippen LogP contribution in [-0.4, -0.2) is 55.4 Å². The largest absolute Gasteiger partial charge is 0.373 e. The molecule has 3 aliphatic heterocycles. The first-order chi connectivity index (χ1) is 13.9. The van der Waals surface area contributed by atoms with Gasteiger partial charge in [-0.05, 0) is 37.8 Å². The van der Waals surface area contributed by atoms with Crippen molar-refractivity contribution in [2.24, 2.45) is 10.9 Å². The smallest absolute Gasteiger partial charge is 0.243 e. The molecule has 7 heteroatoms. The van der Waals surface area contributed by atoms with Crippen molar-refractivity contribution in [1.29, 1.82) is 0 Å². The molecule has 3 N–H and O–H groups in total. The summed E-state index contributed by atoms with van der Waals surface area (Å²) in [5.74, 6) is 0.113. The highest BCUT2D eigenvalue weighted by atomic mass is 19.1. The lowest BCUT2D eigenvalue weighted by atomic mass is 9.90. The maximum Gasteiger partial charge on any atom is 0.243 e. The van der Waals surface area contributed by atoms with E-state index in [0.717, 1.165) is 37.2 Å². The zero-order valence-electron chi connectivity index (χ0n) is 17.3. The average Bonchev–Trinajstić information content (AvgIpc) is 3.32. The Kier molecular flexibility index (Phi) is 5.69. The molecule has 29 heavy (non-hydrogen) atoms. The maximum atomic E-state index is 14.2. The molecule has 0 saturated carbocycles. The number of fused-ring (bicyclic) bond motifs is 1. The predicted molar refractivity (Wildman–Crippen MR) is 114 cm³/mol. The summed E-state index contributed by atoms with van der Waals surface area (Å²) in [6.07, 6.45) is 6.17. The highest BCUT2D eigenvalue weighted by Crippen LogP contribution is 2.32. The van der Waals surface area contributed by atoms with Gasteiger partial charge in [0.25, 0.3) is 0 Å². The summed E-state index contributed by atoms with van der Waals surface area (Å²) in [5, 5.41) is 8.58. The van der Waals surface area contributed by atoms with Gasteiger partial charge in [0.1, 0.15) is 11.9 Å². The zero-order valence-corrected chi connectivity index (χ0v) is 17.3. The van der Waals surface area contributed by atoms with Gasteiger partial charge in [0, 0.05) is 50.4 Å². The summed E-state index contributed by atoms with van der Waals surface area (Å²) in [7, 11) is 2.04. The Hall–Kier alpha value is -2.25. The first-order valence-electron chi connectivity index (χ1n) is 10.4. The van der Waals surface area contributed by atoms with Crippen LogP contribution in [0, 0.1) is 18.7 Å². The van der Waals surface area contributed by atoms with E-state index >= 15 is 0 Å². The van der Waals surface area contributed by atoms with Crippen LogP contribution in [0.1, 0.15) is 30.9 Å². The molecule has 0 aromatic heterocycles. The monoisotopic (exact) mass is 399 g/mol. The third-order valence-corrected chi connectivity index (χ3v) is 6.26. The minimum Gasteiger partial charge on any atom is -0.373 e. The third kappa shape index (κ3) is 4.21. The number of hydrazine groups is 1. The number of allylic oxidation sites excluding steroid dienone is 1. The number of amides is 1. The normalized spacial score (nSPS) is 27.3. The lowest BCUT2D eigenvalue weighted by molar-refractivity contribution is -0.122. The number of aliphatic imine (C=N–C) groups is 1. The van der Waals surface area contributed by atoms with E-state index in [1.165, 1.54) is 11.6 Å². The zero-order chi connectivity index (χ0) is 20.5. The van der Waals surface area contributed by atoms with Crippen molar-refractivity contribution in [3.05, 3.63) is 40.7 Å². The molecule has 0 bridgehead atoms. The van der Waals surface area contributed by atoms with Crippen LogP contribution in [0.15, 0.2) is 28.8 Å². The minimum atomic E-state index is -0.454. The molecule has 1 amide bonds. The van der Waals surface area contributed by atoms with E-state index in [4.69, 9.17) is 4.99 Å². The molecular formula is C22H30FN5O.